The van der Waals surface area contributed by atoms with Crippen molar-refractivity contribution >= 4 is 17.3 Å². The summed E-state index contributed by atoms with van der Waals surface area (Å²) in [6.07, 6.45) is 3.76. The Balaban J connectivity index is 2.04. The van der Waals surface area contributed by atoms with Crippen molar-refractivity contribution in [2.45, 2.75) is 53.0 Å². The highest BCUT2D eigenvalue weighted by Crippen LogP contribution is 2.40. The van der Waals surface area contributed by atoms with Crippen LogP contribution in [0.4, 0.5) is 5.69 Å². The zero-order chi connectivity index (χ0) is 14.8. The normalized spacial score (nSPS) is 25.2. The van der Waals surface area contributed by atoms with Crippen LogP contribution in [0.2, 0.25) is 5.02 Å². The van der Waals surface area contributed by atoms with Gasteiger partial charge in [0.05, 0.1) is 11.6 Å². The van der Waals surface area contributed by atoms with Crippen LogP contribution < -0.4 is 10.1 Å². The van der Waals surface area contributed by atoms with Crippen molar-refractivity contribution in [3.05, 3.63) is 23.2 Å². The van der Waals surface area contributed by atoms with Gasteiger partial charge in [0.25, 0.3) is 0 Å². The fourth-order valence-corrected chi connectivity index (χ4v) is 3.79. The van der Waals surface area contributed by atoms with Crippen molar-refractivity contribution in [2.75, 3.05) is 11.9 Å². The summed E-state index contributed by atoms with van der Waals surface area (Å²) in [5, 5.41) is 4.32. The van der Waals surface area contributed by atoms with Gasteiger partial charge in [0, 0.05) is 11.7 Å². The predicted molar refractivity (Wildman–Crippen MR) is 86.8 cm³/mol. The zero-order valence-electron chi connectivity index (χ0n) is 13.0. The second-order valence-electron chi connectivity index (χ2n) is 6.83. The van der Waals surface area contributed by atoms with E-state index in [1.165, 1.54) is 19.3 Å². The van der Waals surface area contributed by atoms with Crippen molar-refractivity contribution < 1.29 is 4.74 Å². The third-order valence-electron chi connectivity index (χ3n) is 3.99. The van der Waals surface area contributed by atoms with E-state index in [9.17, 15) is 0 Å². The average Bonchev–Trinajstić information content (AvgIpc) is 2.30. The minimum absolute atomic E-state index is 0.421. The van der Waals surface area contributed by atoms with Crippen LogP contribution in [-0.4, -0.2) is 12.6 Å². The molecular weight excluding hydrogens is 270 g/mol. The molecule has 0 radical (unpaired) electrons. The molecule has 1 saturated carbocycles. The van der Waals surface area contributed by atoms with Gasteiger partial charge in [0.2, 0.25) is 0 Å². The highest BCUT2D eigenvalue weighted by Gasteiger charge is 2.31. The van der Waals surface area contributed by atoms with E-state index in [0.29, 0.717) is 23.1 Å². The maximum atomic E-state index is 6.25. The second kappa shape index (κ2) is 6.26. The fraction of sp³-hybridized carbons (Fsp3) is 0.647. The predicted octanol–water partition coefficient (Wildman–Crippen LogP) is 5.37. The van der Waals surface area contributed by atoms with E-state index in [1.54, 1.807) is 0 Å². The van der Waals surface area contributed by atoms with E-state index in [4.69, 9.17) is 16.3 Å². The highest BCUT2D eigenvalue weighted by atomic mass is 35.5. The average molecular weight is 296 g/mol. The van der Waals surface area contributed by atoms with Gasteiger partial charge in [-0.2, -0.15) is 0 Å². The first-order valence-corrected chi connectivity index (χ1v) is 7.96. The van der Waals surface area contributed by atoms with Crippen molar-refractivity contribution in [3.8, 4) is 5.75 Å². The van der Waals surface area contributed by atoms with Crippen LogP contribution in [-0.2, 0) is 0 Å². The van der Waals surface area contributed by atoms with Crippen molar-refractivity contribution in [3.63, 3.8) is 0 Å². The number of benzene rings is 1. The zero-order valence-corrected chi connectivity index (χ0v) is 13.8. The van der Waals surface area contributed by atoms with Gasteiger partial charge in [-0.25, -0.2) is 0 Å². The molecule has 0 amide bonds. The first kappa shape index (κ1) is 15.5. The molecule has 0 aliphatic heterocycles. The molecule has 1 aromatic carbocycles. The molecule has 0 bridgehead atoms. The molecule has 2 atom stereocenters. The Morgan fingerprint density at radius 3 is 2.70 bits per heavy atom. The van der Waals surface area contributed by atoms with Crippen molar-refractivity contribution in [1.82, 2.24) is 0 Å². The van der Waals surface area contributed by atoms with Gasteiger partial charge >= 0.3 is 0 Å². The Hall–Kier alpha value is -0.890. The summed E-state index contributed by atoms with van der Waals surface area (Å²) in [7, 11) is 0. The topological polar surface area (TPSA) is 21.3 Å². The number of nitrogens with one attached hydrogen (secondary N) is 1. The molecule has 1 aromatic rings. The lowest BCUT2D eigenvalue weighted by Crippen LogP contribution is -2.35. The van der Waals surface area contributed by atoms with Crippen LogP contribution in [0.15, 0.2) is 18.2 Å². The summed E-state index contributed by atoms with van der Waals surface area (Å²) in [6.45, 7) is 9.68. The van der Waals surface area contributed by atoms with Crippen LogP contribution in [0.5, 0.6) is 5.75 Å². The Morgan fingerprint density at radius 1 is 1.35 bits per heavy atom. The first-order valence-electron chi connectivity index (χ1n) is 7.58. The van der Waals surface area contributed by atoms with E-state index >= 15 is 0 Å². The molecule has 112 valence electrons. The minimum atomic E-state index is 0.421. The largest absolute Gasteiger partial charge is 0.492 e. The Kier molecular flexibility index (Phi) is 4.85. The molecule has 1 aliphatic carbocycles. The van der Waals surface area contributed by atoms with Gasteiger partial charge in [-0.1, -0.05) is 32.4 Å². The molecule has 2 nitrogen and oxygen atoms in total. The van der Waals surface area contributed by atoms with Gasteiger partial charge in [-0.15, -0.1) is 0 Å². The lowest BCUT2D eigenvalue weighted by molar-refractivity contribution is 0.178. The lowest BCUT2D eigenvalue weighted by Gasteiger charge is -2.39. The molecule has 20 heavy (non-hydrogen) atoms. The SMILES string of the molecule is CCOc1ccc(NC2CC(C)CC(C)(C)C2)cc1Cl. The van der Waals surface area contributed by atoms with E-state index < -0.39 is 0 Å². The molecule has 1 N–H and O–H groups in total. The van der Waals surface area contributed by atoms with Crippen LogP contribution in [0.1, 0.15) is 47.0 Å². The minimum Gasteiger partial charge on any atom is -0.492 e. The van der Waals surface area contributed by atoms with Crippen LogP contribution in [0.25, 0.3) is 0 Å². The summed E-state index contributed by atoms with van der Waals surface area (Å²) in [6, 6.07) is 6.51. The van der Waals surface area contributed by atoms with Crippen molar-refractivity contribution in [2.24, 2.45) is 11.3 Å². The summed E-state index contributed by atoms with van der Waals surface area (Å²) < 4.78 is 5.47. The van der Waals surface area contributed by atoms with Crippen LogP contribution in [0.3, 0.4) is 0 Å². The molecule has 2 unspecified atom stereocenters. The molecule has 1 fully saturated rings. The number of anilines is 1. The second-order valence-corrected chi connectivity index (χ2v) is 7.24. The third kappa shape index (κ3) is 4.05. The third-order valence-corrected chi connectivity index (χ3v) is 4.28. The molecule has 1 aliphatic rings. The number of hydrogen-bond acceptors (Lipinski definition) is 2. The van der Waals surface area contributed by atoms with Gasteiger partial charge in [0.15, 0.2) is 0 Å². The van der Waals surface area contributed by atoms with E-state index in [0.717, 1.165) is 17.4 Å². The van der Waals surface area contributed by atoms with Crippen molar-refractivity contribution in [1.29, 1.82) is 0 Å². The molecule has 0 heterocycles. The van der Waals surface area contributed by atoms with Gasteiger partial charge in [-0.3, -0.25) is 0 Å². The van der Waals surface area contributed by atoms with Gasteiger partial charge < -0.3 is 10.1 Å². The number of rotatable bonds is 4. The van der Waals surface area contributed by atoms with Crippen LogP contribution in [0, 0.1) is 11.3 Å². The molecule has 0 aromatic heterocycles. The molecule has 3 heteroatoms. The Morgan fingerprint density at radius 2 is 2.10 bits per heavy atom. The van der Waals surface area contributed by atoms with Gasteiger partial charge in [0.1, 0.15) is 5.75 Å². The Labute approximate surface area is 127 Å². The quantitative estimate of drug-likeness (QED) is 0.807. The summed E-state index contributed by atoms with van der Waals surface area (Å²) in [5.41, 5.74) is 1.51. The van der Waals surface area contributed by atoms with E-state index in [1.807, 2.05) is 19.1 Å². The lowest BCUT2D eigenvalue weighted by atomic mass is 9.70. The molecule has 2 rings (SSSR count). The highest BCUT2D eigenvalue weighted by molar-refractivity contribution is 6.32. The Bertz CT molecular complexity index is 458. The summed E-state index contributed by atoms with van der Waals surface area (Å²) >= 11 is 6.25. The molecule has 0 spiro atoms. The maximum Gasteiger partial charge on any atom is 0.138 e. The molecular formula is C17H26ClNO. The first-order chi connectivity index (χ1) is 9.39. The molecule has 0 saturated heterocycles. The summed E-state index contributed by atoms with van der Waals surface area (Å²) in [4.78, 5) is 0. The number of halogens is 1. The number of ether oxygens (including phenoxy) is 1. The number of hydrogen-bond donors (Lipinski definition) is 1. The van der Waals surface area contributed by atoms with E-state index in [2.05, 4.69) is 32.2 Å². The maximum absolute atomic E-state index is 6.25. The van der Waals surface area contributed by atoms with Crippen LogP contribution >= 0.6 is 11.6 Å². The smallest absolute Gasteiger partial charge is 0.138 e. The summed E-state index contributed by atoms with van der Waals surface area (Å²) in [5.74, 6) is 1.53. The van der Waals surface area contributed by atoms with Gasteiger partial charge in [-0.05, 0) is 55.7 Å². The monoisotopic (exact) mass is 295 g/mol. The standard InChI is InChI=1S/C17H26ClNO/c1-5-20-16-7-6-13(9-15(16)18)19-14-8-12(2)10-17(3,4)11-14/h6-7,9,12,14,19H,5,8,10-11H2,1-4H3. The fourth-order valence-electron chi connectivity index (χ4n) is 3.55. The van der Waals surface area contributed by atoms with E-state index in [-0.39, 0.29) is 0 Å².